The molecular formula is C23H20F6N2O. The van der Waals surface area contributed by atoms with Crippen LogP contribution in [-0.2, 0) is 24.3 Å². The maximum Gasteiger partial charge on any atom is 0.416 e. The molecule has 0 radical (unpaired) electrons. The lowest BCUT2D eigenvalue weighted by molar-refractivity contribution is -0.143. The van der Waals surface area contributed by atoms with E-state index in [2.05, 4.69) is 10.3 Å². The molecule has 0 spiro atoms. The van der Waals surface area contributed by atoms with Crippen molar-refractivity contribution in [3.05, 3.63) is 86.4 Å². The van der Waals surface area contributed by atoms with Gasteiger partial charge in [0.25, 0.3) is 0 Å². The first-order valence-corrected chi connectivity index (χ1v) is 9.98. The summed E-state index contributed by atoms with van der Waals surface area (Å²) in [5.74, 6) is -0.139. The SMILES string of the molecule is C/C=C1\[C@H]2C=C(C)C[C@]1(Nc1cc(C(F)(F)F)cc(C(F)(F)F)c1)c1ccc(=O)[nH]c1C2. The molecule has 32 heavy (non-hydrogen) atoms. The Labute approximate surface area is 179 Å². The normalized spacial score (nSPS) is 24.2. The van der Waals surface area contributed by atoms with Gasteiger partial charge in [-0.3, -0.25) is 4.79 Å². The summed E-state index contributed by atoms with van der Waals surface area (Å²) >= 11 is 0. The van der Waals surface area contributed by atoms with Crippen LogP contribution < -0.4 is 10.9 Å². The second-order valence-electron chi connectivity index (χ2n) is 8.28. The highest BCUT2D eigenvalue weighted by molar-refractivity contribution is 5.60. The van der Waals surface area contributed by atoms with Crippen LogP contribution in [0.25, 0.3) is 0 Å². The van der Waals surface area contributed by atoms with E-state index in [1.54, 1.807) is 13.0 Å². The second kappa shape index (κ2) is 7.28. The van der Waals surface area contributed by atoms with Gasteiger partial charge in [0, 0.05) is 28.9 Å². The minimum Gasteiger partial charge on any atom is -0.371 e. The highest BCUT2D eigenvalue weighted by atomic mass is 19.4. The Hall–Kier alpha value is -2.97. The molecule has 1 heterocycles. The number of benzene rings is 1. The maximum atomic E-state index is 13.4. The Bertz CT molecular complexity index is 1160. The number of rotatable bonds is 2. The van der Waals surface area contributed by atoms with E-state index in [1.807, 2.05) is 19.1 Å². The largest absolute Gasteiger partial charge is 0.416 e. The van der Waals surface area contributed by atoms with Crippen molar-refractivity contribution in [3.63, 3.8) is 0 Å². The highest BCUT2D eigenvalue weighted by Gasteiger charge is 2.47. The molecule has 0 fully saturated rings. The van der Waals surface area contributed by atoms with E-state index in [4.69, 9.17) is 0 Å². The van der Waals surface area contributed by atoms with Crippen LogP contribution in [0.15, 0.2) is 58.4 Å². The van der Waals surface area contributed by atoms with Crippen molar-refractivity contribution >= 4 is 5.69 Å². The smallest absolute Gasteiger partial charge is 0.371 e. The van der Waals surface area contributed by atoms with Gasteiger partial charge >= 0.3 is 12.4 Å². The van der Waals surface area contributed by atoms with Crippen LogP contribution in [0.5, 0.6) is 0 Å². The molecule has 1 aromatic carbocycles. The summed E-state index contributed by atoms with van der Waals surface area (Å²) in [6.07, 6.45) is -5.20. The molecule has 2 aliphatic rings. The molecule has 2 bridgehead atoms. The van der Waals surface area contributed by atoms with Crippen molar-refractivity contribution in [3.8, 4) is 0 Å². The van der Waals surface area contributed by atoms with Crippen LogP contribution in [0.2, 0.25) is 0 Å². The van der Waals surface area contributed by atoms with Gasteiger partial charge in [0.15, 0.2) is 0 Å². The fraction of sp³-hybridized carbons (Fsp3) is 0.348. The number of anilines is 1. The molecule has 0 unspecified atom stereocenters. The molecule has 2 atom stereocenters. The molecule has 2 N–H and O–H groups in total. The summed E-state index contributed by atoms with van der Waals surface area (Å²) in [6, 6.07) is 4.41. The third-order valence-corrected chi connectivity index (χ3v) is 6.06. The minimum absolute atomic E-state index is 0.112. The lowest BCUT2D eigenvalue weighted by Gasteiger charge is -2.48. The molecule has 1 aromatic heterocycles. The van der Waals surface area contributed by atoms with E-state index in [9.17, 15) is 31.1 Å². The van der Waals surface area contributed by atoms with Crippen LogP contribution in [-0.4, -0.2) is 4.98 Å². The Morgan fingerprint density at radius 2 is 1.69 bits per heavy atom. The summed E-state index contributed by atoms with van der Waals surface area (Å²) in [7, 11) is 0. The minimum atomic E-state index is -4.95. The van der Waals surface area contributed by atoms with E-state index < -0.39 is 29.0 Å². The summed E-state index contributed by atoms with van der Waals surface area (Å²) in [5, 5.41) is 3.03. The van der Waals surface area contributed by atoms with Crippen molar-refractivity contribution < 1.29 is 26.3 Å². The molecule has 0 amide bonds. The monoisotopic (exact) mass is 454 g/mol. The second-order valence-corrected chi connectivity index (χ2v) is 8.28. The number of hydrogen-bond acceptors (Lipinski definition) is 2. The number of hydrogen-bond donors (Lipinski definition) is 2. The number of pyridine rings is 1. The zero-order valence-corrected chi connectivity index (χ0v) is 17.2. The Morgan fingerprint density at radius 1 is 1.06 bits per heavy atom. The fourth-order valence-corrected chi connectivity index (χ4v) is 4.96. The highest BCUT2D eigenvalue weighted by Crippen LogP contribution is 2.51. The Morgan fingerprint density at radius 3 is 2.25 bits per heavy atom. The van der Waals surface area contributed by atoms with E-state index >= 15 is 0 Å². The maximum absolute atomic E-state index is 13.4. The average Bonchev–Trinajstić information content (AvgIpc) is 2.65. The van der Waals surface area contributed by atoms with Gasteiger partial charge in [-0.2, -0.15) is 26.3 Å². The standard InChI is InChI=1S/C23H20F6N2O/c1-3-17-13-6-12(2)11-21(17,18-4-5-20(32)30-19(18)7-13)31-16-9-14(22(24,25)26)8-15(10-16)23(27,28)29/h3-6,8-10,13,31H,7,11H2,1-2H3,(H,30,32)/b17-3+/t13-,21+/m0/s1. The number of aromatic amines is 1. The quantitative estimate of drug-likeness (QED) is 0.420. The summed E-state index contributed by atoms with van der Waals surface area (Å²) in [6.45, 7) is 3.66. The van der Waals surface area contributed by atoms with Gasteiger partial charge < -0.3 is 10.3 Å². The van der Waals surface area contributed by atoms with Gasteiger partial charge in [-0.05, 0) is 56.5 Å². The van der Waals surface area contributed by atoms with Crippen LogP contribution in [0.4, 0.5) is 32.0 Å². The number of alkyl halides is 6. The number of allylic oxidation sites excluding steroid dienone is 2. The molecule has 0 saturated carbocycles. The molecule has 170 valence electrons. The first-order chi connectivity index (χ1) is 14.8. The number of aromatic nitrogens is 1. The van der Waals surface area contributed by atoms with Crippen LogP contribution in [0.1, 0.15) is 42.7 Å². The Kier molecular flexibility index (Phi) is 5.06. The predicted octanol–water partition coefficient (Wildman–Crippen LogP) is 6.19. The van der Waals surface area contributed by atoms with Gasteiger partial charge in [-0.15, -0.1) is 0 Å². The molecule has 2 aliphatic carbocycles. The van der Waals surface area contributed by atoms with Crippen molar-refractivity contribution in [1.29, 1.82) is 0 Å². The lowest BCUT2D eigenvalue weighted by Crippen LogP contribution is -2.47. The molecular weight excluding hydrogens is 434 g/mol. The molecule has 0 aliphatic heterocycles. The first-order valence-electron chi connectivity index (χ1n) is 9.98. The van der Waals surface area contributed by atoms with E-state index in [1.165, 1.54) is 6.07 Å². The van der Waals surface area contributed by atoms with Crippen molar-refractivity contribution in [2.45, 2.75) is 44.6 Å². The number of halogens is 6. The van der Waals surface area contributed by atoms with Gasteiger partial charge in [-0.1, -0.05) is 17.7 Å². The van der Waals surface area contributed by atoms with E-state index in [0.29, 0.717) is 36.2 Å². The third-order valence-electron chi connectivity index (χ3n) is 6.06. The first kappa shape index (κ1) is 22.2. The van der Waals surface area contributed by atoms with Crippen molar-refractivity contribution in [1.82, 2.24) is 4.98 Å². The van der Waals surface area contributed by atoms with E-state index in [0.717, 1.165) is 11.1 Å². The molecule has 3 nitrogen and oxygen atoms in total. The zero-order chi connectivity index (χ0) is 23.5. The average molecular weight is 454 g/mol. The van der Waals surface area contributed by atoms with Crippen LogP contribution >= 0.6 is 0 Å². The van der Waals surface area contributed by atoms with Crippen molar-refractivity contribution in [2.75, 3.05) is 5.32 Å². The van der Waals surface area contributed by atoms with Crippen LogP contribution in [0, 0.1) is 5.92 Å². The van der Waals surface area contributed by atoms with Gasteiger partial charge in [0.05, 0.1) is 16.7 Å². The van der Waals surface area contributed by atoms with Gasteiger partial charge in [0.2, 0.25) is 5.56 Å². The topological polar surface area (TPSA) is 44.9 Å². The Balaban J connectivity index is 1.94. The van der Waals surface area contributed by atoms with E-state index in [-0.39, 0.29) is 23.2 Å². The van der Waals surface area contributed by atoms with Crippen molar-refractivity contribution in [2.24, 2.45) is 5.92 Å². The molecule has 9 heteroatoms. The fourth-order valence-electron chi connectivity index (χ4n) is 4.96. The number of fused-ring (bicyclic) bond motifs is 4. The summed E-state index contributed by atoms with van der Waals surface area (Å²) in [5.41, 5.74) is -1.41. The van der Waals surface area contributed by atoms with Gasteiger partial charge in [0.1, 0.15) is 0 Å². The molecule has 0 saturated heterocycles. The molecule has 4 rings (SSSR count). The predicted molar refractivity (Wildman–Crippen MR) is 108 cm³/mol. The van der Waals surface area contributed by atoms with Gasteiger partial charge in [-0.25, -0.2) is 0 Å². The molecule has 2 aromatic rings. The number of H-pyrrole nitrogens is 1. The zero-order valence-electron chi connectivity index (χ0n) is 17.2. The number of nitrogens with one attached hydrogen (secondary N) is 2. The third kappa shape index (κ3) is 3.73. The summed E-state index contributed by atoms with van der Waals surface area (Å²) in [4.78, 5) is 14.7. The summed E-state index contributed by atoms with van der Waals surface area (Å²) < 4.78 is 80.4. The lowest BCUT2D eigenvalue weighted by atomic mass is 9.63. The van der Waals surface area contributed by atoms with Crippen LogP contribution in [0.3, 0.4) is 0 Å².